The number of para-hydroxylation sites is 1. The third-order valence-corrected chi connectivity index (χ3v) is 3.59. The van der Waals surface area contributed by atoms with Crippen LogP contribution in [0.25, 0.3) is 10.9 Å². The molecule has 0 bridgehead atoms. The van der Waals surface area contributed by atoms with Crippen molar-refractivity contribution in [2.24, 2.45) is 5.73 Å². The Kier molecular flexibility index (Phi) is 3.91. The zero-order chi connectivity index (χ0) is 11.4. The molecule has 0 aliphatic heterocycles. The minimum atomic E-state index is 0.323. The summed E-state index contributed by atoms with van der Waals surface area (Å²) in [7, 11) is 0. The number of H-pyrrole nitrogens is 1. The van der Waals surface area contributed by atoms with Crippen LogP contribution < -0.4 is 5.73 Å². The highest BCUT2D eigenvalue weighted by Gasteiger charge is 2.00. The van der Waals surface area contributed by atoms with Gasteiger partial charge in [-0.25, -0.2) is 0 Å². The van der Waals surface area contributed by atoms with E-state index in [0.717, 1.165) is 12.2 Å². The molecule has 0 aliphatic carbocycles. The molecule has 0 saturated carbocycles. The summed E-state index contributed by atoms with van der Waals surface area (Å²) in [5, 5.41) is 2.54. The van der Waals surface area contributed by atoms with Crippen LogP contribution in [0.5, 0.6) is 0 Å². The predicted octanol–water partition coefficient (Wildman–Crippen LogP) is 3.39. The van der Waals surface area contributed by atoms with Crippen molar-refractivity contribution in [2.45, 2.75) is 30.8 Å². The molecule has 0 fully saturated rings. The fraction of sp³-hybridized carbons (Fsp3) is 0.385. The van der Waals surface area contributed by atoms with Crippen molar-refractivity contribution < 1.29 is 0 Å². The maximum atomic E-state index is 5.72. The third-order valence-electron chi connectivity index (χ3n) is 2.57. The molecule has 0 spiro atoms. The summed E-state index contributed by atoms with van der Waals surface area (Å²) < 4.78 is 0. The Balaban J connectivity index is 1.89. The summed E-state index contributed by atoms with van der Waals surface area (Å²) in [4.78, 5) is 3.42. The largest absolute Gasteiger partial charge is 0.350 e. The van der Waals surface area contributed by atoms with Gasteiger partial charge in [-0.3, -0.25) is 0 Å². The van der Waals surface area contributed by atoms with E-state index in [4.69, 9.17) is 5.73 Å². The Morgan fingerprint density at radius 2 is 2.19 bits per heavy atom. The second kappa shape index (κ2) is 5.41. The van der Waals surface area contributed by atoms with E-state index in [0.29, 0.717) is 6.04 Å². The zero-order valence-electron chi connectivity index (χ0n) is 9.57. The van der Waals surface area contributed by atoms with Crippen LogP contribution in [0.3, 0.4) is 0 Å². The van der Waals surface area contributed by atoms with Gasteiger partial charge in [0.25, 0.3) is 0 Å². The molecule has 0 saturated heterocycles. The Hall–Kier alpha value is -0.930. The SMILES string of the molecule is CC(N)CCCSc1cc2ccccc2[nH]1. The molecule has 0 radical (unpaired) electrons. The van der Waals surface area contributed by atoms with Gasteiger partial charge in [0.1, 0.15) is 0 Å². The molecular formula is C13H18N2S. The van der Waals surface area contributed by atoms with Gasteiger partial charge in [0.05, 0.1) is 5.03 Å². The van der Waals surface area contributed by atoms with Gasteiger partial charge in [-0.2, -0.15) is 0 Å². The van der Waals surface area contributed by atoms with Crippen LogP contribution >= 0.6 is 11.8 Å². The van der Waals surface area contributed by atoms with E-state index in [-0.39, 0.29) is 0 Å². The molecule has 1 aromatic carbocycles. The average Bonchev–Trinajstić information content (AvgIpc) is 2.66. The Labute approximate surface area is 101 Å². The van der Waals surface area contributed by atoms with Crippen molar-refractivity contribution in [2.75, 3.05) is 5.75 Å². The van der Waals surface area contributed by atoms with Gasteiger partial charge in [-0.15, -0.1) is 11.8 Å². The van der Waals surface area contributed by atoms with Gasteiger partial charge in [0.2, 0.25) is 0 Å². The number of nitrogens with two attached hydrogens (primary N) is 1. The lowest BCUT2D eigenvalue weighted by molar-refractivity contribution is 0.656. The van der Waals surface area contributed by atoms with Gasteiger partial charge in [-0.05, 0) is 37.7 Å². The fourth-order valence-corrected chi connectivity index (χ4v) is 2.64. The maximum absolute atomic E-state index is 5.72. The van der Waals surface area contributed by atoms with E-state index in [1.807, 2.05) is 11.8 Å². The van der Waals surface area contributed by atoms with E-state index >= 15 is 0 Å². The van der Waals surface area contributed by atoms with Gasteiger partial charge in [0.15, 0.2) is 0 Å². The molecule has 1 unspecified atom stereocenters. The van der Waals surface area contributed by atoms with Crippen LogP contribution in [0.1, 0.15) is 19.8 Å². The van der Waals surface area contributed by atoms with Gasteiger partial charge >= 0.3 is 0 Å². The van der Waals surface area contributed by atoms with Crippen molar-refractivity contribution in [3.63, 3.8) is 0 Å². The molecule has 1 heterocycles. The number of aromatic amines is 1. The number of benzene rings is 1. The van der Waals surface area contributed by atoms with E-state index in [1.165, 1.54) is 22.3 Å². The van der Waals surface area contributed by atoms with Crippen LogP contribution in [-0.2, 0) is 0 Å². The lowest BCUT2D eigenvalue weighted by Gasteiger charge is -2.02. The topological polar surface area (TPSA) is 41.8 Å². The molecule has 0 aliphatic rings. The summed E-state index contributed by atoms with van der Waals surface area (Å²) >= 11 is 1.88. The van der Waals surface area contributed by atoms with Gasteiger partial charge in [-0.1, -0.05) is 18.2 Å². The normalized spacial score (nSPS) is 13.1. The molecule has 86 valence electrons. The van der Waals surface area contributed by atoms with Gasteiger partial charge < -0.3 is 10.7 Å². The van der Waals surface area contributed by atoms with Crippen LogP contribution in [0.2, 0.25) is 0 Å². The highest BCUT2D eigenvalue weighted by atomic mass is 32.2. The fourth-order valence-electron chi connectivity index (χ4n) is 1.71. The van der Waals surface area contributed by atoms with Crippen LogP contribution in [0, 0.1) is 0 Å². The second-order valence-corrected chi connectivity index (χ2v) is 5.33. The van der Waals surface area contributed by atoms with Crippen molar-refractivity contribution in [3.8, 4) is 0 Å². The minimum absolute atomic E-state index is 0.323. The molecule has 2 rings (SSSR count). The van der Waals surface area contributed by atoms with E-state index < -0.39 is 0 Å². The lowest BCUT2D eigenvalue weighted by Crippen LogP contribution is -2.14. The van der Waals surface area contributed by atoms with E-state index in [1.54, 1.807) is 0 Å². The monoisotopic (exact) mass is 234 g/mol. The number of aromatic nitrogens is 1. The summed E-state index contributed by atoms with van der Waals surface area (Å²) in [6, 6.07) is 10.9. The van der Waals surface area contributed by atoms with E-state index in [9.17, 15) is 0 Å². The van der Waals surface area contributed by atoms with Crippen molar-refractivity contribution >= 4 is 22.7 Å². The first kappa shape index (κ1) is 11.6. The Morgan fingerprint density at radius 3 is 2.94 bits per heavy atom. The molecule has 16 heavy (non-hydrogen) atoms. The summed E-state index contributed by atoms with van der Waals surface area (Å²) in [6.45, 7) is 2.06. The first-order chi connectivity index (χ1) is 7.75. The predicted molar refractivity (Wildman–Crippen MR) is 71.9 cm³/mol. The third kappa shape index (κ3) is 3.03. The van der Waals surface area contributed by atoms with Crippen LogP contribution in [0.4, 0.5) is 0 Å². The maximum Gasteiger partial charge on any atom is 0.0732 e. The molecule has 3 N–H and O–H groups in total. The summed E-state index contributed by atoms with van der Waals surface area (Å²) in [5.41, 5.74) is 6.94. The number of hydrogen-bond acceptors (Lipinski definition) is 2. The number of fused-ring (bicyclic) bond motifs is 1. The lowest BCUT2D eigenvalue weighted by atomic mass is 10.2. The number of nitrogens with one attached hydrogen (secondary N) is 1. The van der Waals surface area contributed by atoms with E-state index in [2.05, 4.69) is 42.2 Å². The minimum Gasteiger partial charge on any atom is -0.350 e. The number of rotatable bonds is 5. The highest BCUT2D eigenvalue weighted by molar-refractivity contribution is 7.99. The molecular weight excluding hydrogens is 216 g/mol. The van der Waals surface area contributed by atoms with Crippen LogP contribution in [0.15, 0.2) is 35.4 Å². The zero-order valence-corrected chi connectivity index (χ0v) is 10.4. The summed E-state index contributed by atoms with van der Waals surface area (Å²) in [6.07, 6.45) is 2.28. The Morgan fingerprint density at radius 1 is 1.38 bits per heavy atom. The summed E-state index contributed by atoms with van der Waals surface area (Å²) in [5.74, 6) is 1.13. The Bertz CT molecular complexity index is 415. The first-order valence-corrected chi connectivity index (χ1v) is 6.70. The van der Waals surface area contributed by atoms with Crippen LogP contribution in [-0.4, -0.2) is 16.8 Å². The van der Waals surface area contributed by atoms with Crippen molar-refractivity contribution in [1.82, 2.24) is 4.98 Å². The van der Waals surface area contributed by atoms with Crippen molar-refractivity contribution in [1.29, 1.82) is 0 Å². The second-order valence-electron chi connectivity index (χ2n) is 4.19. The molecule has 1 atom stereocenters. The van der Waals surface area contributed by atoms with Crippen molar-refractivity contribution in [3.05, 3.63) is 30.3 Å². The first-order valence-electron chi connectivity index (χ1n) is 5.72. The average molecular weight is 234 g/mol. The highest BCUT2D eigenvalue weighted by Crippen LogP contribution is 2.23. The molecule has 1 aromatic heterocycles. The molecule has 3 heteroatoms. The molecule has 2 nitrogen and oxygen atoms in total. The smallest absolute Gasteiger partial charge is 0.0732 e. The molecule has 0 amide bonds. The van der Waals surface area contributed by atoms with Gasteiger partial charge in [0, 0.05) is 16.9 Å². The standard InChI is InChI=1S/C13H18N2S/c1-10(14)5-4-8-16-13-9-11-6-2-3-7-12(11)15-13/h2-3,6-7,9-10,15H,4-5,8,14H2,1H3. The molecule has 2 aromatic rings. The number of hydrogen-bond donors (Lipinski definition) is 2. The number of thioether (sulfide) groups is 1. The quantitative estimate of drug-likeness (QED) is 0.615.